The summed E-state index contributed by atoms with van der Waals surface area (Å²) < 4.78 is 24.0. The molecule has 3 N–H and O–H groups in total. The van der Waals surface area contributed by atoms with E-state index >= 15 is 0 Å². The molecule has 0 spiro atoms. The number of aliphatic hydroxyl groups excluding tert-OH is 1. The van der Waals surface area contributed by atoms with E-state index in [2.05, 4.69) is 5.16 Å². The second-order valence-corrected chi connectivity index (χ2v) is 5.57. The van der Waals surface area contributed by atoms with Gasteiger partial charge in [-0.3, -0.25) is 0 Å². The number of ether oxygens (including phenoxy) is 1. The van der Waals surface area contributed by atoms with Crippen molar-refractivity contribution in [1.29, 1.82) is 0 Å². The average Bonchev–Trinajstić information content (AvgIpc) is 2.98. The number of hydrogen-bond donors (Lipinski definition) is 2. The molecule has 1 aromatic heterocycles. The second-order valence-electron chi connectivity index (χ2n) is 5.57. The maximum atomic E-state index is 12.9. The number of rotatable bonds is 4. The first-order valence-corrected chi connectivity index (χ1v) is 7.41. The van der Waals surface area contributed by atoms with Crippen LogP contribution in [0.1, 0.15) is 18.5 Å². The van der Waals surface area contributed by atoms with Crippen molar-refractivity contribution in [2.45, 2.75) is 37.6 Å². The third-order valence-corrected chi connectivity index (χ3v) is 3.94. The molecule has 1 saturated heterocycles. The van der Waals surface area contributed by atoms with Gasteiger partial charge in [-0.1, -0.05) is 5.16 Å². The summed E-state index contributed by atoms with van der Waals surface area (Å²) in [6.07, 6.45) is 1.21. The van der Waals surface area contributed by atoms with Gasteiger partial charge in [0.25, 0.3) is 0 Å². The van der Waals surface area contributed by atoms with E-state index in [0.29, 0.717) is 25.1 Å². The summed E-state index contributed by atoms with van der Waals surface area (Å²) in [5.41, 5.74) is 7.14. The Morgan fingerprint density at radius 1 is 1.27 bits per heavy atom. The van der Waals surface area contributed by atoms with Gasteiger partial charge in [-0.15, -0.1) is 0 Å². The van der Waals surface area contributed by atoms with Crippen LogP contribution in [0.2, 0.25) is 0 Å². The van der Waals surface area contributed by atoms with Gasteiger partial charge in [0, 0.05) is 24.6 Å². The maximum absolute atomic E-state index is 12.9. The van der Waals surface area contributed by atoms with Crippen molar-refractivity contribution in [3.63, 3.8) is 0 Å². The van der Waals surface area contributed by atoms with E-state index in [1.54, 1.807) is 12.1 Å². The van der Waals surface area contributed by atoms with Crippen LogP contribution in [0, 0.1) is 5.82 Å². The minimum Gasteiger partial charge on any atom is -0.390 e. The van der Waals surface area contributed by atoms with Crippen LogP contribution in [0.4, 0.5) is 4.39 Å². The van der Waals surface area contributed by atoms with E-state index in [9.17, 15) is 9.50 Å². The molecule has 2 aromatic rings. The molecular weight excluding hydrogens is 287 g/mol. The Bertz CT molecular complexity index is 614. The van der Waals surface area contributed by atoms with Crippen LogP contribution in [-0.2, 0) is 11.2 Å². The highest BCUT2D eigenvalue weighted by molar-refractivity contribution is 5.57. The molecular formula is C16H19FN2O3. The summed E-state index contributed by atoms with van der Waals surface area (Å²) >= 11 is 0. The van der Waals surface area contributed by atoms with Crippen LogP contribution in [0.25, 0.3) is 11.3 Å². The molecule has 0 saturated carbocycles. The van der Waals surface area contributed by atoms with Gasteiger partial charge in [0.15, 0.2) is 5.76 Å². The highest BCUT2D eigenvalue weighted by atomic mass is 19.1. The fourth-order valence-electron chi connectivity index (χ4n) is 2.70. The monoisotopic (exact) mass is 306 g/mol. The Kier molecular flexibility index (Phi) is 4.52. The number of hydrogen-bond acceptors (Lipinski definition) is 5. The quantitative estimate of drug-likeness (QED) is 0.901. The predicted octanol–water partition coefficient (Wildman–Crippen LogP) is 1.89. The SMILES string of the molecule is NCC1OC(Cc2cc(-c3ccc(F)cc3)on2)CCC1O. The topological polar surface area (TPSA) is 81.5 Å². The van der Waals surface area contributed by atoms with Gasteiger partial charge < -0.3 is 20.1 Å². The van der Waals surface area contributed by atoms with Crippen LogP contribution in [-0.4, -0.2) is 35.1 Å². The summed E-state index contributed by atoms with van der Waals surface area (Å²) in [7, 11) is 0. The third-order valence-electron chi connectivity index (χ3n) is 3.94. The molecule has 0 bridgehead atoms. The van der Waals surface area contributed by atoms with Gasteiger partial charge in [0.2, 0.25) is 0 Å². The molecule has 118 valence electrons. The summed E-state index contributed by atoms with van der Waals surface area (Å²) in [6.45, 7) is 0.303. The van der Waals surface area contributed by atoms with Crippen LogP contribution in [0.3, 0.4) is 0 Å². The number of halogens is 1. The maximum Gasteiger partial charge on any atom is 0.167 e. The lowest BCUT2D eigenvalue weighted by Gasteiger charge is -2.32. The summed E-state index contributed by atoms with van der Waals surface area (Å²) in [4.78, 5) is 0. The standard InChI is InChI=1S/C16H19FN2O3/c17-11-3-1-10(2-4-11)15-8-12(19-22-15)7-13-5-6-14(20)16(9-18)21-13/h1-4,8,13-14,16,20H,5-7,9,18H2. The summed E-state index contributed by atoms with van der Waals surface area (Å²) in [6, 6.07) is 7.90. The van der Waals surface area contributed by atoms with E-state index in [0.717, 1.165) is 17.7 Å². The molecule has 1 aromatic carbocycles. The Morgan fingerprint density at radius 2 is 2.05 bits per heavy atom. The van der Waals surface area contributed by atoms with E-state index < -0.39 is 6.10 Å². The Balaban J connectivity index is 1.65. The van der Waals surface area contributed by atoms with Crippen molar-refractivity contribution < 1.29 is 18.8 Å². The third kappa shape index (κ3) is 3.35. The van der Waals surface area contributed by atoms with Crippen molar-refractivity contribution >= 4 is 0 Å². The Labute approximate surface area is 127 Å². The van der Waals surface area contributed by atoms with Crippen LogP contribution in [0.5, 0.6) is 0 Å². The molecule has 0 aliphatic carbocycles. The number of benzene rings is 1. The molecule has 2 heterocycles. The zero-order valence-electron chi connectivity index (χ0n) is 12.1. The molecule has 6 heteroatoms. The minimum absolute atomic E-state index is 0.0249. The molecule has 0 radical (unpaired) electrons. The number of aliphatic hydroxyl groups is 1. The lowest BCUT2D eigenvalue weighted by atomic mass is 9.98. The normalized spacial score (nSPS) is 25.3. The van der Waals surface area contributed by atoms with Gasteiger partial charge >= 0.3 is 0 Å². The lowest BCUT2D eigenvalue weighted by Crippen LogP contribution is -2.44. The number of aromatic nitrogens is 1. The van der Waals surface area contributed by atoms with E-state index in [4.69, 9.17) is 15.0 Å². The molecule has 1 fully saturated rings. The molecule has 3 atom stereocenters. The van der Waals surface area contributed by atoms with E-state index in [-0.39, 0.29) is 18.0 Å². The fourth-order valence-corrected chi connectivity index (χ4v) is 2.70. The first-order valence-electron chi connectivity index (χ1n) is 7.41. The molecule has 0 amide bonds. The molecule has 1 aliphatic heterocycles. The van der Waals surface area contributed by atoms with Crippen molar-refractivity contribution in [3.05, 3.63) is 41.8 Å². The van der Waals surface area contributed by atoms with E-state index in [1.807, 2.05) is 6.07 Å². The zero-order valence-corrected chi connectivity index (χ0v) is 12.1. The Hall–Kier alpha value is -1.76. The van der Waals surface area contributed by atoms with Crippen molar-refractivity contribution in [3.8, 4) is 11.3 Å². The fraction of sp³-hybridized carbons (Fsp3) is 0.438. The van der Waals surface area contributed by atoms with Gasteiger partial charge in [0.1, 0.15) is 5.82 Å². The smallest absolute Gasteiger partial charge is 0.167 e. The summed E-state index contributed by atoms with van der Waals surface area (Å²) in [5, 5.41) is 13.8. The van der Waals surface area contributed by atoms with Crippen LogP contribution < -0.4 is 5.73 Å². The Morgan fingerprint density at radius 3 is 2.77 bits per heavy atom. The average molecular weight is 306 g/mol. The predicted molar refractivity (Wildman–Crippen MR) is 78.6 cm³/mol. The zero-order chi connectivity index (χ0) is 15.5. The minimum atomic E-state index is -0.492. The van der Waals surface area contributed by atoms with Gasteiger partial charge in [0.05, 0.1) is 24.0 Å². The molecule has 3 unspecified atom stereocenters. The molecule has 3 rings (SSSR count). The first kappa shape index (κ1) is 15.1. The lowest BCUT2D eigenvalue weighted by molar-refractivity contribution is -0.111. The van der Waals surface area contributed by atoms with E-state index in [1.165, 1.54) is 12.1 Å². The highest BCUT2D eigenvalue weighted by Crippen LogP contribution is 2.25. The van der Waals surface area contributed by atoms with Crippen LogP contribution in [0.15, 0.2) is 34.9 Å². The van der Waals surface area contributed by atoms with Crippen LogP contribution >= 0.6 is 0 Å². The number of nitrogens with two attached hydrogens (primary N) is 1. The summed E-state index contributed by atoms with van der Waals surface area (Å²) in [5.74, 6) is 0.312. The largest absolute Gasteiger partial charge is 0.390 e. The highest BCUT2D eigenvalue weighted by Gasteiger charge is 2.29. The van der Waals surface area contributed by atoms with Gasteiger partial charge in [-0.2, -0.15) is 0 Å². The molecule has 22 heavy (non-hydrogen) atoms. The molecule has 1 aliphatic rings. The van der Waals surface area contributed by atoms with Gasteiger partial charge in [-0.25, -0.2) is 4.39 Å². The molecule has 5 nitrogen and oxygen atoms in total. The number of nitrogens with zero attached hydrogens (tertiary/aromatic N) is 1. The second kappa shape index (κ2) is 6.56. The van der Waals surface area contributed by atoms with Crippen molar-refractivity contribution in [2.75, 3.05) is 6.54 Å². The van der Waals surface area contributed by atoms with Crippen molar-refractivity contribution in [2.24, 2.45) is 5.73 Å². The van der Waals surface area contributed by atoms with Crippen molar-refractivity contribution in [1.82, 2.24) is 5.16 Å². The first-order chi connectivity index (χ1) is 10.7. The van der Waals surface area contributed by atoms with Gasteiger partial charge in [-0.05, 0) is 37.1 Å².